The Kier molecular flexibility index (Phi) is 6.19. The molecular formula is C23H26N4O4. The zero-order valence-corrected chi connectivity index (χ0v) is 18.0. The molecule has 0 saturated heterocycles. The van der Waals surface area contributed by atoms with Gasteiger partial charge in [-0.05, 0) is 48.6 Å². The molecule has 1 aromatic heterocycles. The number of aromatic carboxylic acids is 1. The minimum absolute atomic E-state index is 0.0223. The number of pyridine rings is 1. The quantitative estimate of drug-likeness (QED) is 0.633. The maximum atomic E-state index is 13.0. The van der Waals surface area contributed by atoms with E-state index in [0.717, 1.165) is 11.1 Å². The van der Waals surface area contributed by atoms with Crippen molar-refractivity contribution < 1.29 is 19.5 Å². The zero-order valence-electron chi connectivity index (χ0n) is 18.0. The highest BCUT2D eigenvalue weighted by atomic mass is 16.4. The van der Waals surface area contributed by atoms with Gasteiger partial charge in [0.25, 0.3) is 11.8 Å². The SMILES string of the molecule is CCc1cnc(C2=NC(C)(C(C)C)C(=O)N2)c(C(=O)NCc2ccc(C(=O)O)cc2)c1. The maximum absolute atomic E-state index is 13.0. The fraction of sp³-hybridized carbons (Fsp3) is 0.348. The summed E-state index contributed by atoms with van der Waals surface area (Å²) in [5.74, 6) is -1.31. The molecule has 3 N–H and O–H groups in total. The van der Waals surface area contributed by atoms with Gasteiger partial charge in [0, 0.05) is 12.7 Å². The van der Waals surface area contributed by atoms with Crippen molar-refractivity contribution in [2.24, 2.45) is 10.9 Å². The van der Waals surface area contributed by atoms with Crippen molar-refractivity contribution in [1.82, 2.24) is 15.6 Å². The van der Waals surface area contributed by atoms with Gasteiger partial charge in [-0.25, -0.2) is 9.79 Å². The minimum Gasteiger partial charge on any atom is -0.478 e. The summed E-state index contributed by atoms with van der Waals surface area (Å²) in [6, 6.07) is 8.04. The number of aromatic nitrogens is 1. The number of carboxylic acid groups (broad SMARTS) is 1. The van der Waals surface area contributed by atoms with E-state index < -0.39 is 11.5 Å². The molecule has 2 aromatic rings. The van der Waals surface area contributed by atoms with Crippen molar-refractivity contribution in [1.29, 1.82) is 0 Å². The van der Waals surface area contributed by atoms with E-state index in [1.165, 1.54) is 12.1 Å². The van der Waals surface area contributed by atoms with Crippen LogP contribution in [0.25, 0.3) is 0 Å². The highest BCUT2D eigenvalue weighted by Crippen LogP contribution is 2.27. The Labute approximate surface area is 180 Å². The molecule has 1 atom stereocenters. The third kappa shape index (κ3) is 4.47. The van der Waals surface area contributed by atoms with Gasteiger partial charge in [-0.2, -0.15) is 0 Å². The summed E-state index contributed by atoms with van der Waals surface area (Å²) >= 11 is 0. The second kappa shape index (κ2) is 8.67. The molecule has 0 saturated carbocycles. The first-order chi connectivity index (χ1) is 14.7. The first-order valence-electron chi connectivity index (χ1n) is 10.2. The molecule has 162 valence electrons. The number of aryl methyl sites for hydroxylation is 1. The maximum Gasteiger partial charge on any atom is 0.335 e. The van der Waals surface area contributed by atoms with Gasteiger partial charge in [-0.1, -0.05) is 32.9 Å². The predicted molar refractivity (Wildman–Crippen MR) is 116 cm³/mol. The van der Waals surface area contributed by atoms with Crippen LogP contribution in [0.5, 0.6) is 0 Å². The van der Waals surface area contributed by atoms with Crippen LogP contribution in [0.4, 0.5) is 0 Å². The molecule has 2 heterocycles. The molecule has 0 aliphatic carbocycles. The van der Waals surface area contributed by atoms with Crippen LogP contribution in [0.15, 0.2) is 41.5 Å². The summed E-state index contributed by atoms with van der Waals surface area (Å²) < 4.78 is 0. The van der Waals surface area contributed by atoms with E-state index in [-0.39, 0.29) is 29.8 Å². The van der Waals surface area contributed by atoms with Gasteiger partial charge in [-0.15, -0.1) is 0 Å². The Morgan fingerprint density at radius 2 is 1.87 bits per heavy atom. The normalized spacial score (nSPS) is 18.0. The second-order valence-corrected chi connectivity index (χ2v) is 7.99. The van der Waals surface area contributed by atoms with E-state index in [4.69, 9.17) is 5.11 Å². The molecule has 0 bridgehead atoms. The predicted octanol–water partition coefficient (Wildman–Crippen LogP) is 2.56. The van der Waals surface area contributed by atoms with Crippen LogP contribution in [0.3, 0.4) is 0 Å². The average Bonchev–Trinajstić information content (AvgIpc) is 3.07. The molecule has 0 spiro atoms. The Bertz CT molecular complexity index is 1060. The Morgan fingerprint density at radius 1 is 1.19 bits per heavy atom. The number of benzene rings is 1. The molecule has 0 fully saturated rings. The minimum atomic E-state index is -1.00. The van der Waals surface area contributed by atoms with Gasteiger partial charge in [0.05, 0.1) is 11.1 Å². The van der Waals surface area contributed by atoms with E-state index in [1.807, 2.05) is 20.8 Å². The van der Waals surface area contributed by atoms with Crippen LogP contribution in [0.2, 0.25) is 0 Å². The standard InChI is InChI=1S/C23H26N4O4/c1-5-14-10-17(20(28)25-12-15-6-8-16(9-7-15)21(29)30)18(24-11-14)19-26-22(31)23(4,27-19)13(2)3/h6-11,13H,5,12H2,1-4H3,(H,25,28)(H,29,30)(H,26,27,31). The third-order valence-electron chi connectivity index (χ3n) is 5.64. The summed E-state index contributed by atoms with van der Waals surface area (Å²) in [6.45, 7) is 7.79. The average molecular weight is 422 g/mol. The molecule has 31 heavy (non-hydrogen) atoms. The van der Waals surface area contributed by atoms with Crippen LogP contribution in [-0.2, 0) is 17.8 Å². The first-order valence-corrected chi connectivity index (χ1v) is 10.2. The number of hydrogen-bond donors (Lipinski definition) is 3. The lowest BCUT2D eigenvalue weighted by Crippen LogP contribution is -2.41. The molecule has 1 unspecified atom stereocenters. The number of amidine groups is 1. The smallest absolute Gasteiger partial charge is 0.335 e. The van der Waals surface area contributed by atoms with Gasteiger partial charge in [0.15, 0.2) is 5.84 Å². The fourth-order valence-electron chi connectivity index (χ4n) is 3.15. The Morgan fingerprint density at radius 3 is 2.42 bits per heavy atom. The van der Waals surface area contributed by atoms with Gasteiger partial charge in [0.2, 0.25) is 0 Å². The molecule has 1 aliphatic heterocycles. The second-order valence-electron chi connectivity index (χ2n) is 7.99. The largest absolute Gasteiger partial charge is 0.478 e. The molecule has 1 aromatic carbocycles. The molecule has 2 amide bonds. The number of nitrogens with one attached hydrogen (secondary N) is 2. The van der Waals surface area contributed by atoms with Crippen molar-refractivity contribution in [2.75, 3.05) is 0 Å². The van der Waals surface area contributed by atoms with Crippen molar-refractivity contribution in [2.45, 2.75) is 46.2 Å². The van der Waals surface area contributed by atoms with Gasteiger partial charge in [0.1, 0.15) is 11.2 Å². The van der Waals surface area contributed by atoms with Crippen molar-refractivity contribution in [3.8, 4) is 0 Å². The number of rotatable bonds is 7. The number of nitrogens with zero attached hydrogens (tertiary/aromatic N) is 2. The van der Waals surface area contributed by atoms with E-state index in [0.29, 0.717) is 23.5 Å². The van der Waals surface area contributed by atoms with E-state index >= 15 is 0 Å². The summed E-state index contributed by atoms with van der Waals surface area (Å²) in [5, 5.41) is 14.6. The fourth-order valence-corrected chi connectivity index (χ4v) is 3.15. The zero-order chi connectivity index (χ0) is 22.8. The molecule has 8 nitrogen and oxygen atoms in total. The summed E-state index contributed by atoms with van der Waals surface area (Å²) in [4.78, 5) is 45.5. The molecule has 8 heteroatoms. The van der Waals surface area contributed by atoms with Crippen LogP contribution in [-0.4, -0.2) is 39.2 Å². The number of carbonyl (C=O) groups is 3. The van der Waals surface area contributed by atoms with Crippen molar-refractivity contribution in [3.05, 3.63) is 64.5 Å². The van der Waals surface area contributed by atoms with E-state index in [2.05, 4.69) is 20.6 Å². The van der Waals surface area contributed by atoms with Gasteiger partial charge >= 0.3 is 5.97 Å². The lowest BCUT2D eigenvalue weighted by atomic mass is 9.89. The summed E-state index contributed by atoms with van der Waals surface area (Å²) in [6.07, 6.45) is 2.38. The van der Waals surface area contributed by atoms with E-state index in [1.54, 1.807) is 31.3 Å². The van der Waals surface area contributed by atoms with Gasteiger partial charge < -0.3 is 15.7 Å². The van der Waals surface area contributed by atoms with Crippen molar-refractivity contribution >= 4 is 23.6 Å². The highest BCUT2D eigenvalue weighted by molar-refractivity contribution is 6.18. The molecule has 3 rings (SSSR count). The lowest BCUT2D eigenvalue weighted by Gasteiger charge is -2.21. The molecule has 0 radical (unpaired) electrons. The summed E-state index contributed by atoms with van der Waals surface area (Å²) in [5.41, 5.74) is 1.57. The van der Waals surface area contributed by atoms with Crippen LogP contribution < -0.4 is 10.6 Å². The Hall–Kier alpha value is -3.55. The monoisotopic (exact) mass is 422 g/mol. The Balaban J connectivity index is 1.87. The number of amides is 2. The number of hydrogen-bond acceptors (Lipinski definition) is 5. The van der Waals surface area contributed by atoms with Crippen LogP contribution in [0, 0.1) is 5.92 Å². The van der Waals surface area contributed by atoms with Crippen LogP contribution in [0.1, 0.15) is 65.2 Å². The molecular weight excluding hydrogens is 396 g/mol. The van der Waals surface area contributed by atoms with Gasteiger partial charge in [-0.3, -0.25) is 14.6 Å². The first kappa shape index (κ1) is 22.1. The third-order valence-corrected chi connectivity index (χ3v) is 5.64. The molecule has 1 aliphatic rings. The lowest BCUT2D eigenvalue weighted by molar-refractivity contribution is -0.124. The number of aliphatic imine (C=N–C) groups is 1. The van der Waals surface area contributed by atoms with Crippen LogP contribution >= 0.6 is 0 Å². The number of carboxylic acids is 1. The topological polar surface area (TPSA) is 121 Å². The highest BCUT2D eigenvalue weighted by Gasteiger charge is 2.43. The van der Waals surface area contributed by atoms with E-state index in [9.17, 15) is 14.4 Å². The summed E-state index contributed by atoms with van der Waals surface area (Å²) in [7, 11) is 0. The van der Waals surface area contributed by atoms with Crippen molar-refractivity contribution in [3.63, 3.8) is 0 Å². The number of carbonyl (C=O) groups excluding carboxylic acids is 2.